The van der Waals surface area contributed by atoms with Gasteiger partial charge in [0.25, 0.3) is 0 Å². The van der Waals surface area contributed by atoms with Crippen LogP contribution in [0.25, 0.3) is 0 Å². The number of aromatic amines is 1. The molecule has 2 aromatic heterocycles. The number of nitrogens with one attached hydrogen (secondary N) is 2. The fourth-order valence-electron chi connectivity index (χ4n) is 1.31. The van der Waals surface area contributed by atoms with Gasteiger partial charge in [0, 0.05) is 31.9 Å². The van der Waals surface area contributed by atoms with Gasteiger partial charge in [0.15, 0.2) is 0 Å². The molecule has 15 heavy (non-hydrogen) atoms. The molecular formula is C10H12BrN3S. The molecule has 0 aliphatic carbocycles. The zero-order valence-electron chi connectivity index (χ0n) is 8.16. The topological polar surface area (TPSA) is 40.7 Å². The Balaban J connectivity index is 1.67. The van der Waals surface area contributed by atoms with Crippen molar-refractivity contribution in [1.82, 2.24) is 15.3 Å². The van der Waals surface area contributed by atoms with Crippen LogP contribution < -0.4 is 5.32 Å². The quantitative estimate of drug-likeness (QED) is 0.829. The number of H-pyrrole nitrogens is 1. The number of imidazole rings is 1. The van der Waals surface area contributed by atoms with Gasteiger partial charge in [-0.25, -0.2) is 4.98 Å². The fourth-order valence-corrected chi connectivity index (χ4v) is 2.52. The lowest BCUT2D eigenvalue weighted by Crippen LogP contribution is -2.16. The van der Waals surface area contributed by atoms with Gasteiger partial charge in [0.1, 0.15) is 5.82 Å². The number of aromatic nitrogens is 2. The predicted octanol–water partition coefficient (Wildman–Crippen LogP) is 2.57. The van der Waals surface area contributed by atoms with E-state index in [0.717, 1.165) is 25.3 Å². The van der Waals surface area contributed by atoms with E-state index in [2.05, 4.69) is 42.7 Å². The van der Waals surface area contributed by atoms with Crippen LogP contribution in [0.5, 0.6) is 0 Å². The highest BCUT2D eigenvalue weighted by molar-refractivity contribution is 9.11. The number of hydrogen-bond donors (Lipinski definition) is 2. The van der Waals surface area contributed by atoms with Gasteiger partial charge in [-0.3, -0.25) is 0 Å². The molecule has 0 unspecified atom stereocenters. The van der Waals surface area contributed by atoms with Gasteiger partial charge in [0.05, 0.1) is 3.79 Å². The van der Waals surface area contributed by atoms with Crippen LogP contribution in [0.15, 0.2) is 27.6 Å². The Morgan fingerprint density at radius 1 is 1.53 bits per heavy atom. The lowest BCUT2D eigenvalue weighted by Gasteiger charge is -2.00. The Morgan fingerprint density at radius 3 is 3.13 bits per heavy atom. The van der Waals surface area contributed by atoms with Gasteiger partial charge in [-0.2, -0.15) is 0 Å². The highest BCUT2D eigenvalue weighted by Crippen LogP contribution is 2.20. The molecule has 0 aliphatic heterocycles. The van der Waals surface area contributed by atoms with E-state index in [1.54, 1.807) is 17.5 Å². The first-order chi connectivity index (χ1) is 7.34. The number of thiophene rings is 1. The molecular weight excluding hydrogens is 274 g/mol. The highest BCUT2D eigenvalue weighted by Gasteiger charge is 1.97. The summed E-state index contributed by atoms with van der Waals surface area (Å²) in [4.78, 5) is 7.25. The summed E-state index contributed by atoms with van der Waals surface area (Å²) in [5, 5.41) is 5.54. The molecule has 3 nitrogen and oxygen atoms in total. The molecule has 0 aromatic carbocycles. The van der Waals surface area contributed by atoms with E-state index in [0.29, 0.717) is 0 Å². The zero-order chi connectivity index (χ0) is 10.5. The normalized spacial score (nSPS) is 10.7. The van der Waals surface area contributed by atoms with E-state index in [4.69, 9.17) is 0 Å². The number of nitrogens with zero attached hydrogens (tertiary/aromatic N) is 1. The van der Waals surface area contributed by atoms with Crippen molar-refractivity contribution in [3.8, 4) is 0 Å². The number of hydrogen-bond acceptors (Lipinski definition) is 3. The molecule has 0 saturated heterocycles. The summed E-state index contributed by atoms with van der Waals surface area (Å²) >= 11 is 5.17. The van der Waals surface area contributed by atoms with Crippen molar-refractivity contribution < 1.29 is 0 Å². The Labute approximate surface area is 101 Å². The molecule has 0 aliphatic rings. The molecule has 5 heteroatoms. The monoisotopic (exact) mass is 285 g/mol. The number of halogens is 1. The average Bonchev–Trinajstić information content (AvgIpc) is 2.84. The maximum atomic E-state index is 4.16. The minimum Gasteiger partial charge on any atom is -0.349 e. The first-order valence-electron chi connectivity index (χ1n) is 4.76. The van der Waals surface area contributed by atoms with Crippen molar-refractivity contribution in [2.75, 3.05) is 6.54 Å². The summed E-state index contributed by atoms with van der Waals surface area (Å²) < 4.78 is 1.19. The van der Waals surface area contributed by atoms with Gasteiger partial charge >= 0.3 is 0 Å². The summed E-state index contributed by atoms with van der Waals surface area (Å²) in [6.45, 7) is 1.86. The van der Waals surface area contributed by atoms with Gasteiger partial charge < -0.3 is 10.3 Å². The van der Waals surface area contributed by atoms with Gasteiger partial charge in [0.2, 0.25) is 0 Å². The highest BCUT2D eigenvalue weighted by atomic mass is 79.9. The minimum atomic E-state index is 0.919. The molecule has 2 N–H and O–H groups in total. The van der Waals surface area contributed by atoms with Crippen molar-refractivity contribution in [2.24, 2.45) is 0 Å². The summed E-state index contributed by atoms with van der Waals surface area (Å²) in [5.74, 6) is 1.04. The molecule has 2 aromatic rings. The van der Waals surface area contributed by atoms with E-state index in [-0.39, 0.29) is 0 Å². The lowest BCUT2D eigenvalue weighted by molar-refractivity contribution is 0.675. The third-order valence-corrected chi connectivity index (χ3v) is 3.60. The van der Waals surface area contributed by atoms with Crippen LogP contribution in [0.3, 0.4) is 0 Å². The standard InChI is InChI=1S/C10H12BrN3S/c11-9-5-8(7-15-9)6-12-2-1-10-13-3-4-14-10/h3-5,7,12H,1-2,6H2,(H,13,14). The van der Waals surface area contributed by atoms with E-state index >= 15 is 0 Å². The third kappa shape index (κ3) is 3.44. The SMILES string of the molecule is Brc1cc(CNCCc2ncc[nH]2)cs1. The smallest absolute Gasteiger partial charge is 0.107 e. The Kier molecular flexibility index (Phi) is 3.94. The molecule has 0 bridgehead atoms. The summed E-state index contributed by atoms with van der Waals surface area (Å²) in [5.41, 5.74) is 1.33. The summed E-state index contributed by atoms with van der Waals surface area (Å²) in [7, 11) is 0. The summed E-state index contributed by atoms with van der Waals surface area (Å²) in [6.07, 6.45) is 4.58. The lowest BCUT2D eigenvalue weighted by atomic mass is 10.3. The second-order valence-electron chi connectivity index (χ2n) is 3.22. The molecule has 0 amide bonds. The van der Waals surface area contributed by atoms with Crippen LogP contribution in [-0.4, -0.2) is 16.5 Å². The third-order valence-electron chi connectivity index (χ3n) is 2.04. The van der Waals surface area contributed by atoms with Crippen LogP contribution >= 0.6 is 27.3 Å². The summed E-state index contributed by atoms with van der Waals surface area (Å²) in [6, 6.07) is 2.14. The van der Waals surface area contributed by atoms with Crippen LogP contribution in [0.4, 0.5) is 0 Å². The molecule has 0 saturated carbocycles. The first kappa shape index (κ1) is 10.9. The Morgan fingerprint density at radius 2 is 2.47 bits per heavy atom. The van der Waals surface area contributed by atoms with Crippen molar-refractivity contribution in [2.45, 2.75) is 13.0 Å². The van der Waals surface area contributed by atoms with Gasteiger partial charge in [-0.1, -0.05) is 0 Å². The van der Waals surface area contributed by atoms with E-state index < -0.39 is 0 Å². The van der Waals surface area contributed by atoms with E-state index in [1.807, 2.05) is 6.20 Å². The zero-order valence-corrected chi connectivity index (χ0v) is 10.6. The first-order valence-corrected chi connectivity index (χ1v) is 6.44. The van der Waals surface area contributed by atoms with Crippen molar-refractivity contribution in [3.63, 3.8) is 0 Å². The molecule has 0 spiro atoms. The van der Waals surface area contributed by atoms with Crippen LogP contribution in [0.2, 0.25) is 0 Å². The average molecular weight is 286 g/mol. The second kappa shape index (κ2) is 5.44. The van der Waals surface area contributed by atoms with Crippen LogP contribution in [0.1, 0.15) is 11.4 Å². The molecule has 0 radical (unpaired) electrons. The molecule has 2 rings (SSSR count). The Hall–Kier alpha value is -0.650. The second-order valence-corrected chi connectivity index (χ2v) is 5.51. The van der Waals surface area contributed by atoms with Gasteiger partial charge in [-0.05, 0) is 32.9 Å². The predicted molar refractivity (Wildman–Crippen MR) is 66.0 cm³/mol. The van der Waals surface area contributed by atoms with Gasteiger partial charge in [-0.15, -0.1) is 11.3 Å². The van der Waals surface area contributed by atoms with Crippen molar-refractivity contribution >= 4 is 27.3 Å². The van der Waals surface area contributed by atoms with Crippen LogP contribution in [0, 0.1) is 0 Å². The molecule has 0 atom stereocenters. The van der Waals surface area contributed by atoms with E-state index in [9.17, 15) is 0 Å². The molecule has 2 heterocycles. The fraction of sp³-hybridized carbons (Fsp3) is 0.300. The van der Waals surface area contributed by atoms with Crippen LogP contribution in [-0.2, 0) is 13.0 Å². The molecule has 80 valence electrons. The Bertz CT molecular complexity index is 396. The molecule has 0 fully saturated rings. The maximum absolute atomic E-state index is 4.16. The minimum absolute atomic E-state index is 0.919. The van der Waals surface area contributed by atoms with Crippen molar-refractivity contribution in [3.05, 3.63) is 39.0 Å². The maximum Gasteiger partial charge on any atom is 0.107 e. The van der Waals surface area contributed by atoms with E-state index in [1.165, 1.54) is 9.35 Å². The van der Waals surface area contributed by atoms with Crippen molar-refractivity contribution in [1.29, 1.82) is 0 Å². The largest absolute Gasteiger partial charge is 0.349 e. The number of rotatable bonds is 5.